The van der Waals surface area contributed by atoms with Gasteiger partial charge in [0.1, 0.15) is 0 Å². The van der Waals surface area contributed by atoms with Gasteiger partial charge in [0, 0.05) is 0 Å². The molecule has 50 valence electrons. The summed E-state index contributed by atoms with van der Waals surface area (Å²) in [5, 5.41) is 0. The molecule has 0 saturated carbocycles. The van der Waals surface area contributed by atoms with E-state index in [9.17, 15) is 0 Å². The van der Waals surface area contributed by atoms with Gasteiger partial charge in [0.15, 0.2) is 0 Å². The zero-order valence-electron chi connectivity index (χ0n) is 6.22. The number of rotatable bonds is 3. The number of hydrogen-bond acceptors (Lipinski definition) is 0. The Morgan fingerprint density at radius 1 is 1.56 bits per heavy atom. The average Bonchev–Trinajstić information content (AvgIpc) is 1.89. The van der Waals surface area contributed by atoms with Crippen LogP contribution in [0.4, 0.5) is 0 Å². The molecule has 0 unspecified atom stereocenters. The van der Waals surface area contributed by atoms with Crippen LogP contribution in [-0.2, 0) is 0 Å². The fraction of sp³-hybridized carbons (Fsp3) is 0.333. The lowest BCUT2D eigenvalue weighted by atomic mass is 10.2. The highest BCUT2D eigenvalue weighted by molar-refractivity contribution is 5.13. The first-order chi connectivity index (χ1) is 4.31. The summed E-state index contributed by atoms with van der Waals surface area (Å²) in [6.07, 6.45) is 9.20. The van der Waals surface area contributed by atoms with Crippen LogP contribution in [0.5, 0.6) is 0 Å². The molecule has 0 fully saturated rings. The van der Waals surface area contributed by atoms with E-state index in [1.165, 1.54) is 5.57 Å². The molecule has 0 aliphatic heterocycles. The Hall–Kier alpha value is -0.780. The summed E-state index contributed by atoms with van der Waals surface area (Å²) in [5.74, 6) is 0. The third-order valence-corrected chi connectivity index (χ3v) is 1.13. The molecule has 0 rings (SSSR count). The minimum Gasteiger partial charge on any atom is -0.0988 e. The summed E-state index contributed by atoms with van der Waals surface area (Å²) in [6.45, 7) is 7.72. The maximum atomic E-state index is 3.65. The first-order valence-corrected chi connectivity index (χ1v) is 3.21. The molecule has 0 heterocycles. The average molecular weight is 122 g/mol. The molecule has 0 radical (unpaired) electrons. The molecule has 0 nitrogen and oxygen atoms in total. The quantitative estimate of drug-likeness (QED) is 0.398. The standard InChI is InChI=1S/C9H14/c1-4-6-7-8-9(3)5-2/h4-6,8H,2,7H2,1,3H3/b6-4-,9-8?. The third kappa shape index (κ3) is 5.09. The van der Waals surface area contributed by atoms with Crippen molar-refractivity contribution in [2.75, 3.05) is 0 Å². The van der Waals surface area contributed by atoms with E-state index in [2.05, 4.69) is 25.7 Å². The van der Waals surface area contributed by atoms with Crippen molar-refractivity contribution in [1.29, 1.82) is 0 Å². The van der Waals surface area contributed by atoms with Crippen LogP contribution in [0.1, 0.15) is 20.3 Å². The zero-order valence-corrected chi connectivity index (χ0v) is 6.22. The summed E-state index contributed by atoms with van der Waals surface area (Å²) in [7, 11) is 0. The van der Waals surface area contributed by atoms with Crippen molar-refractivity contribution >= 4 is 0 Å². The Kier molecular flexibility index (Phi) is 4.89. The molecule has 0 aliphatic rings. The van der Waals surface area contributed by atoms with E-state index >= 15 is 0 Å². The van der Waals surface area contributed by atoms with Crippen LogP contribution in [0.2, 0.25) is 0 Å². The van der Waals surface area contributed by atoms with Gasteiger partial charge in [0.2, 0.25) is 0 Å². The lowest BCUT2D eigenvalue weighted by molar-refractivity contribution is 1.32. The summed E-state index contributed by atoms with van der Waals surface area (Å²) in [6, 6.07) is 0. The second-order valence-electron chi connectivity index (χ2n) is 1.96. The first kappa shape index (κ1) is 8.22. The highest BCUT2D eigenvalue weighted by Gasteiger charge is 1.74. The van der Waals surface area contributed by atoms with Gasteiger partial charge in [-0.3, -0.25) is 0 Å². The Labute approximate surface area is 57.6 Å². The van der Waals surface area contributed by atoms with Crippen molar-refractivity contribution < 1.29 is 0 Å². The normalized spacial score (nSPS) is 12.4. The fourth-order valence-corrected chi connectivity index (χ4v) is 0.473. The van der Waals surface area contributed by atoms with Gasteiger partial charge in [0.25, 0.3) is 0 Å². The van der Waals surface area contributed by atoms with E-state index in [0.29, 0.717) is 0 Å². The largest absolute Gasteiger partial charge is 0.0988 e. The van der Waals surface area contributed by atoms with Crippen LogP contribution < -0.4 is 0 Å². The van der Waals surface area contributed by atoms with Crippen molar-refractivity contribution in [3.05, 3.63) is 36.5 Å². The van der Waals surface area contributed by atoms with Gasteiger partial charge in [-0.25, -0.2) is 0 Å². The SMILES string of the molecule is C=CC(C)=CC/C=C\C. The van der Waals surface area contributed by atoms with Crippen molar-refractivity contribution in [3.63, 3.8) is 0 Å². The van der Waals surface area contributed by atoms with Gasteiger partial charge in [-0.15, -0.1) is 0 Å². The molecule has 9 heavy (non-hydrogen) atoms. The van der Waals surface area contributed by atoms with Crippen molar-refractivity contribution in [2.45, 2.75) is 20.3 Å². The van der Waals surface area contributed by atoms with E-state index in [-0.39, 0.29) is 0 Å². The lowest BCUT2D eigenvalue weighted by Gasteiger charge is -1.85. The van der Waals surface area contributed by atoms with Gasteiger partial charge in [-0.05, 0) is 20.3 Å². The van der Waals surface area contributed by atoms with Crippen LogP contribution in [0.15, 0.2) is 36.5 Å². The number of allylic oxidation sites excluding steroid dienone is 5. The number of hydrogen-bond donors (Lipinski definition) is 0. The second-order valence-corrected chi connectivity index (χ2v) is 1.96. The minimum atomic E-state index is 1.02. The molecular weight excluding hydrogens is 108 g/mol. The van der Waals surface area contributed by atoms with Crippen LogP contribution in [-0.4, -0.2) is 0 Å². The smallest absolute Gasteiger partial charge is 0.0164 e. The van der Waals surface area contributed by atoms with Gasteiger partial charge in [-0.2, -0.15) is 0 Å². The summed E-state index contributed by atoms with van der Waals surface area (Å²) in [5.41, 5.74) is 1.24. The third-order valence-electron chi connectivity index (χ3n) is 1.13. The molecular formula is C9H14. The Balaban J connectivity index is 3.56. The molecule has 0 aromatic carbocycles. The molecule has 0 N–H and O–H groups in total. The maximum Gasteiger partial charge on any atom is -0.0164 e. The van der Waals surface area contributed by atoms with Gasteiger partial charge < -0.3 is 0 Å². The predicted octanol–water partition coefficient (Wildman–Crippen LogP) is 3.08. The van der Waals surface area contributed by atoms with Crippen LogP contribution in [0.3, 0.4) is 0 Å². The summed E-state index contributed by atoms with van der Waals surface area (Å²) >= 11 is 0. The van der Waals surface area contributed by atoms with Crippen LogP contribution in [0, 0.1) is 0 Å². The second kappa shape index (κ2) is 5.36. The van der Waals surface area contributed by atoms with E-state index in [1.54, 1.807) is 0 Å². The van der Waals surface area contributed by atoms with E-state index in [0.717, 1.165) is 6.42 Å². The zero-order chi connectivity index (χ0) is 7.11. The van der Waals surface area contributed by atoms with E-state index < -0.39 is 0 Å². The Morgan fingerprint density at radius 3 is 2.67 bits per heavy atom. The van der Waals surface area contributed by atoms with E-state index in [1.807, 2.05) is 19.1 Å². The molecule has 0 aromatic heterocycles. The van der Waals surface area contributed by atoms with Crippen molar-refractivity contribution in [3.8, 4) is 0 Å². The van der Waals surface area contributed by atoms with Gasteiger partial charge in [0.05, 0.1) is 0 Å². The highest BCUT2D eigenvalue weighted by atomic mass is 13.8. The lowest BCUT2D eigenvalue weighted by Crippen LogP contribution is -1.64. The molecule has 0 bridgehead atoms. The van der Waals surface area contributed by atoms with Crippen molar-refractivity contribution in [1.82, 2.24) is 0 Å². The van der Waals surface area contributed by atoms with Gasteiger partial charge in [-0.1, -0.05) is 36.5 Å². The molecule has 0 heteroatoms. The summed E-state index contributed by atoms with van der Waals surface area (Å²) < 4.78 is 0. The molecule has 0 atom stereocenters. The first-order valence-electron chi connectivity index (χ1n) is 3.21. The summed E-state index contributed by atoms with van der Waals surface area (Å²) in [4.78, 5) is 0. The molecule has 0 aliphatic carbocycles. The fourth-order valence-electron chi connectivity index (χ4n) is 0.473. The topological polar surface area (TPSA) is 0 Å². The Bertz CT molecular complexity index is 127. The van der Waals surface area contributed by atoms with Crippen molar-refractivity contribution in [2.24, 2.45) is 0 Å². The van der Waals surface area contributed by atoms with E-state index in [4.69, 9.17) is 0 Å². The van der Waals surface area contributed by atoms with Gasteiger partial charge >= 0.3 is 0 Å². The maximum absolute atomic E-state index is 3.65. The van der Waals surface area contributed by atoms with Crippen LogP contribution in [0.25, 0.3) is 0 Å². The molecule has 0 spiro atoms. The minimum absolute atomic E-state index is 1.02. The Morgan fingerprint density at radius 2 is 2.22 bits per heavy atom. The van der Waals surface area contributed by atoms with Crippen LogP contribution >= 0.6 is 0 Å². The molecule has 0 saturated heterocycles. The molecule has 0 aromatic rings. The highest BCUT2D eigenvalue weighted by Crippen LogP contribution is 1.95. The predicted molar refractivity (Wildman–Crippen MR) is 43.4 cm³/mol. The monoisotopic (exact) mass is 122 g/mol. The molecule has 0 amide bonds.